The predicted molar refractivity (Wildman–Crippen MR) is 140 cm³/mol. The molecule has 2 atom stereocenters. The Morgan fingerprint density at radius 1 is 0.889 bits per heavy atom. The minimum absolute atomic E-state index is 0.0279. The number of phosphoric acid groups is 1. The molecule has 0 amide bonds. The van der Waals surface area contributed by atoms with E-state index in [9.17, 15) is 14.7 Å². The third-order valence-corrected chi connectivity index (χ3v) is 7.10. The van der Waals surface area contributed by atoms with Gasteiger partial charge in [-0.2, -0.15) is 0 Å². The molecule has 0 aliphatic rings. The van der Waals surface area contributed by atoms with Crippen molar-refractivity contribution in [1.29, 1.82) is 0 Å². The molecule has 36 heavy (non-hydrogen) atoms. The second kappa shape index (κ2) is 12.7. The van der Waals surface area contributed by atoms with Crippen molar-refractivity contribution in [1.82, 2.24) is 5.32 Å². The number of nitrogens with zero attached hydrogens (tertiary/aromatic N) is 1. The lowest BCUT2D eigenvalue weighted by Gasteiger charge is -2.31. The van der Waals surface area contributed by atoms with Crippen LogP contribution in [0.1, 0.15) is 32.8 Å². The molecule has 0 spiro atoms. The molecule has 8 nitrogen and oxygen atoms in total. The van der Waals surface area contributed by atoms with Crippen molar-refractivity contribution in [3.63, 3.8) is 0 Å². The number of para-hydroxylation sites is 2. The number of rotatable bonds is 14. The molecule has 0 saturated carbocycles. The molecule has 0 radical (unpaired) electrons. The molecule has 3 aromatic carbocycles. The quantitative estimate of drug-likeness (QED) is 0.149. The first kappa shape index (κ1) is 27.4. The Labute approximate surface area is 212 Å². The van der Waals surface area contributed by atoms with Gasteiger partial charge in [-0.1, -0.05) is 73.7 Å². The van der Waals surface area contributed by atoms with Gasteiger partial charge in [0.05, 0.1) is 0 Å². The lowest BCUT2D eigenvalue weighted by Crippen LogP contribution is -2.46. The van der Waals surface area contributed by atoms with Crippen LogP contribution in [-0.4, -0.2) is 23.1 Å². The third-order valence-electron chi connectivity index (χ3n) is 5.72. The van der Waals surface area contributed by atoms with Gasteiger partial charge in [0.15, 0.2) is 0 Å². The Hall–Kier alpha value is -3.19. The maximum absolute atomic E-state index is 13.9. The summed E-state index contributed by atoms with van der Waals surface area (Å²) < 4.78 is 31.3. The SMILES string of the molecule is C[C@@H](CNCc1ccccc1)C[C@H](OP(=O)(Oc1ccccc1)Oc1ccccc1)C(C)(C)[N+](=O)[O-]. The summed E-state index contributed by atoms with van der Waals surface area (Å²) in [5.41, 5.74) is -0.413. The molecule has 0 aliphatic heterocycles. The van der Waals surface area contributed by atoms with E-state index >= 15 is 0 Å². The number of benzene rings is 3. The first-order valence-corrected chi connectivity index (χ1v) is 13.3. The third kappa shape index (κ3) is 8.19. The molecular weight excluding hydrogens is 479 g/mol. The van der Waals surface area contributed by atoms with Crippen molar-refractivity contribution in [2.24, 2.45) is 5.92 Å². The fourth-order valence-corrected chi connectivity index (χ4v) is 5.06. The standard InChI is InChI=1S/C27H33N2O6P/c1-22(20-28-21-23-13-7-4-8-14-23)19-26(27(2,3)29(30)31)35-36(32,33-24-15-9-5-10-16-24)34-25-17-11-6-12-18-25/h4-18,22,26,28H,19-21H2,1-3H3/t22-,26+/m1/s1. The average Bonchev–Trinajstić information content (AvgIpc) is 2.85. The molecule has 0 aliphatic carbocycles. The zero-order valence-electron chi connectivity index (χ0n) is 20.8. The lowest BCUT2D eigenvalue weighted by molar-refractivity contribution is -0.572. The molecule has 0 fully saturated rings. The van der Waals surface area contributed by atoms with Crippen LogP contribution in [0.15, 0.2) is 91.0 Å². The highest BCUT2D eigenvalue weighted by molar-refractivity contribution is 7.49. The summed E-state index contributed by atoms with van der Waals surface area (Å²) in [6.45, 7) is 6.13. The van der Waals surface area contributed by atoms with Gasteiger partial charge in [-0.25, -0.2) is 4.57 Å². The minimum atomic E-state index is -4.31. The number of hydrogen-bond donors (Lipinski definition) is 1. The maximum atomic E-state index is 13.9. The van der Waals surface area contributed by atoms with Crippen LogP contribution in [-0.2, 0) is 15.6 Å². The summed E-state index contributed by atoms with van der Waals surface area (Å²) in [5, 5.41) is 15.4. The van der Waals surface area contributed by atoms with Gasteiger partial charge >= 0.3 is 7.82 Å². The molecule has 3 rings (SSSR count). The van der Waals surface area contributed by atoms with Gasteiger partial charge in [0.25, 0.3) is 0 Å². The number of phosphoric ester groups is 1. The Bertz CT molecular complexity index is 1080. The molecule has 0 unspecified atom stereocenters. The van der Waals surface area contributed by atoms with E-state index < -0.39 is 24.4 Å². The van der Waals surface area contributed by atoms with E-state index in [2.05, 4.69) is 5.32 Å². The maximum Gasteiger partial charge on any atom is 0.588 e. The highest BCUT2D eigenvalue weighted by Crippen LogP contribution is 2.52. The summed E-state index contributed by atoms with van der Waals surface area (Å²) in [6, 6.07) is 26.9. The topological polar surface area (TPSA) is 99.9 Å². The number of hydrogen-bond acceptors (Lipinski definition) is 7. The van der Waals surface area contributed by atoms with Gasteiger partial charge in [0.1, 0.15) is 17.6 Å². The van der Waals surface area contributed by atoms with E-state index in [0.29, 0.717) is 13.1 Å². The molecule has 192 valence electrons. The van der Waals surface area contributed by atoms with E-state index in [-0.39, 0.29) is 23.8 Å². The highest BCUT2D eigenvalue weighted by atomic mass is 31.2. The van der Waals surface area contributed by atoms with Crippen molar-refractivity contribution >= 4 is 7.82 Å². The Morgan fingerprint density at radius 3 is 1.83 bits per heavy atom. The molecule has 0 heterocycles. The van der Waals surface area contributed by atoms with Gasteiger partial charge < -0.3 is 14.4 Å². The molecule has 9 heteroatoms. The normalized spacial score (nSPS) is 13.5. The van der Waals surface area contributed by atoms with E-state index in [1.165, 1.54) is 13.8 Å². The molecular formula is C27H33N2O6P. The molecule has 0 aromatic heterocycles. The summed E-state index contributed by atoms with van der Waals surface area (Å²) in [4.78, 5) is 11.6. The molecule has 3 aromatic rings. The van der Waals surface area contributed by atoms with Gasteiger partial charge in [-0.3, -0.25) is 14.6 Å². The van der Waals surface area contributed by atoms with Crippen LogP contribution in [0.4, 0.5) is 0 Å². The van der Waals surface area contributed by atoms with Crippen molar-refractivity contribution < 1.29 is 23.1 Å². The first-order valence-electron chi connectivity index (χ1n) is 11.8. The highest BCUT2D eigenvalue weighted by Gasteiger charge is 2.48. The van der Waals surface area contributed by atoms with Crippen LogP contribution in [0.25, 0.3) is 0 Å². The number of nitrogens with one attached hydrogen (secondary N) is 1. The van der Waals surface area contributed by atoms with E-state index in [1.807, 2.05) is 37.3 Å². The molecule has 1 N–H and O–H groups in total. The van der Waals surface area contributed by atoms with E-state index in [0.717, 1.165) is 5.56 Å². The average molecular weight is 513 g/mol. The van der Waals surface area contributed by atoms with E-state index in [4.69, 9.17) is 13.6 Å². The zero-order valence-corrected chi connectivity index (χ0v) is 21.7. The molecule has 0 bridgehead atoms. The summed E-state index contributed by atoms with van der Waals surface area (Å²) in [5.74, 6) is 0.513. The van der Waals surface area contributed by atoms with Crippen molar-refractivity contribution in [3.8, 4) is 11.5 Å². The van der Waals surface area contributed by atoms with Crippen molar-refractivity contribution in [2.75, 3.05) is 6.54 Å². The summed E-state index contributed by atoms with van der Waals surface area (Å²) in [7, 11) is -4.31. The van der Waals surface area contributed by atoms with Gasteiger partial charge in [-0.15, -0.1) is 0 Å². The lowest BCUT2D eigenvalue weighted by atomic mass is 9.90. The summed E-state index contributed by atoms with van der Waals surface area (Å²) >= 11 is 0. The second-order valence-corrected chi connectivity index (χ2v) is 10.7. The zero-order chi connectivity index (χ0) is 26.0. The van der Waals surface area contributed by atoms with E-state index in [1.54, 1.807) is 60.7 Å². The monoisotopic (exact) mass is 512 g/mol. The van der Waals surface area contributed by atoms with Gasteiger partial charge in [-0.05, 0) is 48.7 Å². The predicted octanol–water partition coefficient (Wildman–Crippen LogP) is 6.51. The van der Waals surface area contributed by atoms with Crippen molar-refractivity contribution in [2.45, 2.75) is 45.4 Å². The molecule has 0 saturated heterocycles. The fraction of sp³-hybridized carbons (Fsp3) is 0.333. The smallest absolute Gasteiger partial charge is 0.395 e. The van der Waals surface area contributed by atoms with Crippen LogP contribution in [0.5, 0.6) is 11.5 Å². The van der Waals surface area contributed by atoms with Crippen LogP contribution in [0, 0.1) is 16.0 Å². The van der Waals surface area contributed by atoms with Crippen LogP contribution >= 0.6 is 7.82 Å². The Morgan fingerprint density at radius 2 is 1.36 bits per heavy atom. The summed E-state index contributed by atoms with van der Waals surface area (Å²) in [6.07, 6.45) is -0.796. The van der Waals surface area contributed by atoms with Crippen LogP contribution in [0.2, 0.25) is 0 Å². The second-order valence-electron chi connectivity index (χ2n) is 9.22. The van der Waals surface area contributed by atoms with Crippen molar-refractivity contribution in [3.05, 3.63) is 107 Å². The van der Waals surface area contributed by atoms with Crippen LogP contribution < -0.4 is 14.4 Å². The minimum Gasteiger partial charge on any atom is -0.395 e. The first-order chi connectivity index (χ1) is 17.2. The Balaban J connectivity index is 1.78. The van der Waals surface area contributed by atoms with Gasteiger partial charge in [0, 0.05) is 25.3 Å². The fourth-order valence-electron chi connectivity index (χ4n) is 3.52. The largest absolute Gasteiger partial charge is 0.588 e. The number of nitro groups is 1. The van der Waals surface area contributed by atoms with Crippen LogP contribution in [0.3, 0.4) is 0 Å². The van der Waals surface area contributed by atoms with Gasteiger partial charge in [0.2, 0.25) is 5.54 Å². The Kier molecular flexibility index (Phi) is 9.65.